The van der Waals surface area contributed by atoms with E-state index in [1.165, 1.54) is 6.42 Å². The SMILES string of the molecule is C1COC1.C=C(C)C(=O)OCC(CC)(CO)CO. The Kier molecular flexibility index (Phi) is 8.62. The average Bonchev–Trinajstić information content (AvgIpc) is 2.29. The third-order valence-electron chi connectivity index (χ3n) is 2.86. The Morgan fingerprint density at radius 1 is 1.39 bits per heavy atom. The van der Waals surface area contributed by atoms with Crippen molar-refractivity contribution in [3.05, 3.63) is 12.2 Å². The van der Waals surface area contributed by atoms with Crippen LogP contribution in [0, 0.1) is 5.41 Å². The van der Waals surface area contributed by atoms with E-state index in [1.54, 1.807) is 6.92 Å². The van der Waals surface area contributed by atoms with Crippen LogP contribution >= 0.6 is 0 Å². The zero-order chi connectivity index (χ0) is 14.0. The lowest BCUT2D eigenvalue weighted by molar-refractivity contribution is -0.145. The maximum atomic E-state index is 11.1. The summed E-state index contributed by atoms with van der Waals surface area (Å²) < 4.78 is 9.61. The number of carbonyl (C=O) groups excluding carboxylic acids is 1. The topological polar surface area (TPSA) is 76.0 Å². The van der Waals surface area contributed by atoms with Crippen LogP contribution in [-0.4, -0.2) is 49.2 Å². The van der Waals surface area contributed by atoms with E-state index in [-0.39, 0.29) is 19.8 Å². The van der Waals surface area contributed by atoms with E-state index in [9.17, 15) is 4.79 Å². The lowest BCUT2D eigenvalue weighted by atomic mass is 9.88. The molecule has 0 bridgehead atoms. The molecule has 5 nitrogen and oxygen atoms in total. The average molecular weight is 260 g/mol. The Morgan fingerprint density at radius 3 is 2.06 bits per heavy atom. The fraction of sp³-hybridized carbons (Fsp3) is 0.769. The predicted octanol–water partition coefficient (Wildman–Crippen LogP) is 0.893. The summed E-state index contributed by atoms with van der Waals surface area (Å²) >= 11 is 0. The molecule has 1 heterocycles. The summed E-state index contributed by atoms with van der Waals surface area (Å²) in [5.41, 5.74) is -0.420. The highest BCUT2D eigenvalue weighted by atomic mass is 16.5. The van der Waals surface area contributed by atoms with Crippen LogP contribution in [-0.2, 0) is 14.3 Å². The Labute approximate surface area is 108 Å². The highest BCUT2D eigenvalue weighted by molar-refractivity contribution is 5.86. The van der Waals surface area contributed by atoms with Gasteiger partial charge in [0.05, 0.1) is 18.6 Å². The van der Waals surface area contributed by atoms with Crippen molar-refractivity contribution in [2.24, 2.45) is 5.41 Å². The molecule has 0 radical (unpaired) electrons. The van der Waals surface area contributed by atoms with Crippen molar-refractivity contribution < 1.29 is 24.5 Å². The van der Waals surface area contributed by atoms with Crippen LogP contribution in [0.5, 0.6) is 0 Å². The number of hydrogen-bond donors (Lipinski definition) is 2. The number of carbonyl (C=O) groups is 1. The third-order valence-corrected chi connectivity index (χ3v) is 2.86. The fourth-order valence-electron chi connectivity index (χ4n) is 0.953. The summed E-state index contributed by atoms with van der Waals surface area (Å²) in [6.45, 7) is 8.41. The van der Waals surface area contributed by atoms with E-state index in [0.717, 1.165) is 13.2 Å². The zero-order valence-electron chi connectivity index (χ0n) is 11.3. The summed E-state index contributed by atoms with van der Waals surface area (Å²) in [4.78, 5) is 11.1. The maximum absolute atomic E-state index is 11.1. The molecule has 0 aromatic rings. The minimum Gasteiger partial charge on any atom is -0.462 e. The monoisotopic (exact) mass is 260 g/mol. The van der Waals surface area contributed by atoms with Crippen LogP contribution in [0.25, 0.3) is 0 Å². The van der Waals surface area contributed by atoms with Gasteiger partial charge in [0.2, 0.25) is 0 Å². The maximum Gasteiger partial charge on any atom is 0.333 e. The number of esters is 1. The van der Waals surface area contributed by atoms with Gasteiger partial charge in [-0.2, -0.15) is 0 Å². The van der Waals surface area contributed by atoms with Gasteiger partial charge in [-0.25, -0.2) is 4.79 Å². The molecule has 1 aliphatic rings. The first kappa shape index (κ1) is 17.1. The Hall–Kier alpha value is -0.910. The zero-order valence-corrected chi connectivity index (χ0v) is 11.3. The van der Waals surface area contributed by atoms with E-state index in [1.807, 2.05) is 6.92 Å². The van der Waals surface area contributed by atoms with Crippen molar-refractivity contribution in [2.75, 3.05) is 33.0 Å². The molecule has 106 valence electrons. The molecule has 2 N–H and O–H groups in total. The smallest absolute Gasteiger partial charge is 0.333 e. The van der Waals surface area contributed by atoms with Crippen LogP contribution in [0.3, 0.4) is 0 Å². The molecule has 5 heteroatoms. The van der Waals surface area contributed by atoms with Gasteiger partial charge in [0.1, 0.15) is 6.61 Å². The van der Waals surface area contributed by atoms with Crippen LogP contribution in [0.1, 0.15) is 26.7 Å². The lowest BCUT2D eigenvalue weighted by Crippen LogP contribution is -2.35. The first-order valence-electron chi connectivity index (χ1n) is 6.13. The normalized spacial score (nSPS) is 14.0. The van der Waals surface area contributed by atoms with Crippen LogP contribution in [0.15, 0.2) is 12.2 Å². The molecular weight excluding hydrogens is 236 g/mol. The van der Waals surface area contributed by atoms with Gasteiger partial charge < -0.3 is 19.7 Å². The van der Waals surface area contributed by atoms with Gasteiger partial charge >= 0.3 is 5.97 Å². The van der Waals surface area contributed by atoms with Gasteiger partial charge in [-0.1, -0.05) is 13.5 Å². The number of ether oxygens (including phenoxy) is 2. The molecule has 1 fully saturated rings. The van der Waals surface area contributed by atoms with E-state index in [4.69, 9.17) is 19.7 Å². The molecule has 1 rings (SSSR count). The fourth-order valence-corrected chi connectivity index (χ4v) is 0.953. The summed E-state index contributed by atoms with van der Waals surface area (Å²) in [6, 6.07) is 0. The van der Waals surface area contributed by atoms with E-state index >= 15 is 0 Å². The van der Waals surface area contributed by atoms with Crippen molar-refractivity contribution in [3.63, 3.8) is 0 Å². The van der Waals surface area contributed by atoms with Gasteiger partial charge in [0.15, 0.2) is 0 Å². The molecular formula is C13H24O5. The van der Waals surface area contributed by atoms with Gasteiger partial charge in [-0.05, 0) is 19.8 Å². The van der Waals surface area contributed by atoms with Gasteiger partial charge in [-0.3, -0.25) is 0 Å². The van der Waals surface area contributed by atoms with Crippen molar-refractivity contribution in [1.82, 2.24) is 0 Å². The van der Waals surface area contributed by atoms with Gasteiger partial charge in [0, 0.05) is 18.8 Å². The minimum absolute atomic E-state index is 0.0161. The summed E-state index contributed by atoms with van der Waals surface area (Å²) in [7, 11) is 0. The summed E-state index contributed by atoms with van der Waals surface area (Å²) in [5, 5.41) is 18.1. The largest absolute Gasteiger partial charge is 0.462 e. The second kappa shape index (κ2) is 9.08. The number of aliphatic hydroxyl groups is 2. The lowest BCUT2D eigenvalue weighted by Gasteiger charge is -2.27. The van der Waals surface area contributed by atoms with E-state index in [0.29, 0.717) is 12.0 Å². The van der Waals surface area contributed by atoms with Crippen LogP contribution < -0.4 is 0 Å². The first-order valence-corrected chi connectivity index (χ1v) is 6.13. The van der Waals surface area contributed by atoms with Crippen molar-refractivity contribution >= 4 is 5.97 Å². The molecule has 0 aromatic carbocycles. The van der Waals surface area contributed by atoms with Crippen molar-refractivity contribution in [2.45, 2.75) is 26.7 Å². The molecule has 0 aromatic heterocycles. The van der Waals surface area contributed by atoms with Crippen LogP contribution in [0.4, 0.5) is 0 Å². The molecule has 18 heavy (non-hydrogen) atoms. The molecule has 0 amide bonds. The minimum atomic E-state index is -0.731. The second-order valence-corrected chi connectivity index (χ2v) is 4.49. The number of aliphatic hydroxyl groups excluding tert-OH is 2. The Morgan fingerprint density at radius 2 is 1.83 bits per heavy atom. The molecule has 0 saturated carbocycles. The number of rotatable bonds is 6. The number of hydrogen-bond acceptors (Lipinski definition) is 5. The quantitative estimate of drug-likeness (QED) is 0.548. The Balaban J connectivity index is 0.000000601. The first-order chi connectivity index (χ1) is 8.51. The van der Waals surface area contributed by atoms with Gasteiger partial charge in [0.25, 0.3) is 0 Å². The molecule has 0 spiro atoms. The Bertz CT molecular complexity index is 242. The molecule has 1 saturated heterocycles. The summed E-state index contributed by atoms with van der Waals surface area (Å²) in [6.07, 6.45) is 1.82. The van der Waals surface area contributed by atoms with Crippen LogP contribution in [0.2, 0.25) is 0 Å². The molecule has 1 aliphatic heterocycles. The van der Waals surface area contributed by atoms with Crippen molar-refractivity contribution in [1.29, 1.82) is 0 Å². The molecule has 0 unspecified atom stereocenters. The van der Waals surface area contributed by atoms with E-state index < -0.39 is 11.4 Å². The highest BCUT2D eigenvalue weighted by Crippen LogP contribution is 2.21. The van der Waals surface area contributed by atoms with Crippen molar-refractivity contribution in [3.8, 4) is 0 Å². The highest BCUT2D eigenvalue weighted by Gasteiger charge is 2.28. The van der Waals surface area contributed by atoms with E-state index in [2.05, 4.69) is 6.58 Å². The molecule has 0 aliphatic carbocycles. The third kappa shape index (κ3) is 6.14. The standard InChI is InChI=1S/C10H18O4.C3H6O/c1-4-10(5-11,6-12)7-14-9(13)8(2)3;1-2-4-3-1/h11-12H,2,4-7H2,1,3H3;1-3H2. The van der Waals surface area contributed by atoms with Gasteiger partial charge in [-0.15, -0.1) is 0 Å². The second-order valence-electron chi connectivity index (χ2n) is 4.49. The molecule has 0 atom stereocenters. The summed E-state index contributed by atoms with van der Waals surface area (Å²) in [5.74, 6) is -0.496. The predicted molar refractivity (Wildman–Crippen MR) is 68.1 cm³/mol.